The number of fused-ring (bicyclic) bond motifs is 5. The van der Waals surface area contributed by atoms with E-state index < -0.39 is 54.8 Å². The molecule has 3 aliphatic rings. The van der Waals surface area contributed by atoms with Crippen LogP contribution in [0.2, 0.25) is 0 Å². The highest BCUT2D eigenvalue weighted by Gasteiger charge is 2.57. The van der Waals surface area contributed by atoms with Crippen LogP contribution in [0, 0.1) is 23.2 Å². The number of rotatable bonds is 14. The molecule has 1 unspecified atom stereocenters. The van der Waals surface area contributed by atoms with Crippen molar-refractivity contribution in [2.24, 2.45) is 23.2 Å². The monoisotopic (exact) mass is 744 g/mol. The number of halogens is 5. The summed E-state index contributed by atoms with van der Waals surface area (Å²) in [4.78, 5) is 0. The van der Waals surface area contributed by atoms with Crippen LogP contribution < -0.4 is 4.74 Å². The van der Waals surface area contributed by atoms with Crippen molar-refractivity contribution in [3.8, 4) is 5.75 Å². The standard InChI is InChI=1S/C35H54F5O7PS/c1-31(2,3)46-48(42,47-32(4,5)6)45-22-44-25-11-12-26-24(21-25)20-23(30-27(26)15-17-33(7)28(30)13-14-29(33)41)10-8-18-49(43)19-9-16-34(36,37)35(38,39)40/h11-12,21,23,27-30,41H,8-10,13-20,22H2,1-7H3/t23-,27-,28+,29+,30-,33+,49?/m1/s1. The number of aliphatic hydroxyl groups excluding tert-OH is 1. The predicted octanol–water partition coefficient (Wildman–Crippen LogP) is 9.73. The van der Waals surface area contributed by atoms with E-state index >= 15 is 0 Å². The van der Waals surface area contributed by atoms with Crippen LogP contribution in [-0.4, -0.2) is 57.0 Å². The van der Waals surface area contributed by atoms with Crippen LogP contribution in [0.3, 0.4) is 0 Å². The first-order chi connectivity index (χ1) is 22.4. The molecule has 1 aromatic rings. The molecule has 0 heterocycles. The Balaban J connectivity index is 1.45. The minimum atomic E-state index is -5.61. The molecule has 4 rings (SSSR count). The average molecular weight is 745 g/mol. The molecule has 3 aliphatic carbocycles. The maximum atomic E-state index is 13.4. The van der Waals surface area contributed by atoms with Gasteiger partial charge in [-0.1, -0.05) is 13.0 Å². The van der Waals surface area contributed by atoms with Crippen molar-refractivity contribution in [1.82, 2.24) is 0 Å². The molecule has 0 bridgehead atoms. The lowest BCUT2D eigenvalue weighted by Gasteiger charge is -2.53. The number of hydrogen-bond acceptors (Lipinski definition) is 7. The zero-order chi connectivity index (χ0) is 36.6. The summed E-state index contributed by atoms with van der Waals surface area (Å²) in [6, 6.07) is 5.93. The molecule has 1 aromatic carbocycles. The van der Waals surface area contributed by atoms with E-state index in [-0.39, 0.29) is 41.7 Å². The molecule has 0 saturated heterocycles. The van der Waals surface area contributed by atoms with Crippen molar-refractivity contribution in [2.45, 2.75) is 142 Å². The van der Waals surface area contributed by atoms with Gasteiger partial charge in [0.25, 0.3) is 0 Å². The Labute approximate surface area is 290 Å². The molecule has 0 spiro atoms. The molecule has 49 heavy (non-hydrogen) atoms. The van der Waals surface area contributed by atoms with Gasteiger partial charge >= 0.3 is 19.9 Å². The number of alkyl halides is 5. The minimum absolute atomic E-state index is 0.179. The smallest absolute Gasteiger partial charge is 0.467 e. The van der Waals surface area contributed by atoms with Gasteiger partial charge in [-0.2, -0.15) is 22.0 Å². The summed E-state index contributed by atoms with van der Waals surface area (Å²) < 4.78 is 113. The third-order valence-electron chi connectivity index (χ3n) is 10.3. The number of aliphatic hydroxyl groups is 1. The molecule has 14 heteroatoms. The van der Waals surface area contributed by atoms with Crippen molar-refractivity contribution < 1.29 is 54.1 Å². The number of benzene rings is 1. The van der Waals surface area contributed by atoms with Gasteiger partial charge in [-0.05, 0) is 145 Å². The second-order valence-corrected chi connectivity index (χ2v) is 19.5. The molecule has 282 valence electrons. The summed E-state index contributed by atoms with van der Waals surface area (Å²) in [5.74, 6) is -3.14. The van der Waals surface area contributed by atoms with Crippen LogP contribution in [0.25, 0.3) is 0 Å². The van der Waals surface area contributed by atoms with Gasteiger partial charge in [0.1, 0.15) is 5.75 Å². The highest BCUT2D eigenvalue weighted by molar-refractivity contribution is 7.84. The normalized spacial score (nSPS) is 28.5. The van der Waals surface area contributed by atoms with Gasteiger partial charge in [-0.3, -0.25) is 13.3 Å². The van der Waals surface area contributed by atoms with Crippen molar-refractivity contribution in [3.05, 3.63) is 29.3 Å². The largest absolute Gasteiger partial charge is 0.478 e. The maximum Gasteiger partial charge on any atom is 0.478 e. The predicted molar refractivity (Wildman–Crippen MR) is 179 cm³/mol. The fourth-order valence-corrected chi connectivity index (χ4v) is 11.0. The third-order valence-corrected chi connectivity index (χ3v) is 13.7. The summed E-state index contributed by atoms with van der Waals surface area (Å²) in [5.41, 5.74) is 0.587. The minimum Gasteiger partial charge on any atom is -0.467 e. The number of phosphoric ester groups is 1. The summed E-state index contributed by atoms with van der Waals surface area (Å²) in [5, 5.41) is 11.0. The topological polar surface area (TPSA) is 91.3 Å². The molecule has 7 nitrogen and oxygen atoms in total. The van der Waals surface area contributed by atoms with Crippen LogP contribution >= 0.6 is 7.82 Å². The van der Waals surface area contributed by atoms with E-state index in [9.17, 15) is 35.8 Å². The molecule has 0 radical (unpaired) electrons. The summed E-state index contributed by atoms with van der Waals surface area (Å²) in [6.45, 7) is 12.3. The van der Waals surface area contributed by atoms with Gasteiger partial charge in [0, 0.05) is 28.7 Å². The van der Waals surface area contributed by atoms with E-state index in [2.05, 4.69) is 13.0 Å². The highest BCUT2D eigenvalue weighted by Crippen LogP contribution is 2.63. The van der Waals surface area contributed by atoms with Crippen molar-refractivity contribution in [3.63, 3.8) is 0 Å². The average Bonchev–Trinajstić information content (AvgIpc) is 3.23. The SMILES string of the molecule is CC(C)(C)OP(=O)(OCOc1ccc2c(c1)C[C@@H](CCCS(=O)CCCC(F)(F)C(F)(F)F)[C@@H]1[C@@H]2CC[C@]2(C)[C@@H](O)CC[C@@H]12)OC(C)(C)C. The molecule has 0 aliphatic heterocycles. The molecule has 2 fully saturated rings. The Hall–Kier alpha value is -1.11. The zero-order valence-corrected chi connectivity index (χ0v) is 31.5. The quantitative estimate of drug-likeness (QED) is 0.115. The summed E-state index contributed by atoms with van der Waals surface area (Å²) in [7, 11) is -5.48. The fraction of sp³-hybridized carbons (Fsp3) is 0.829. The number of hydrogen-bond donors (Lipinski definition) is 1. The van der Waals surface area contributed by atoms with Gasteiger partial charge in [0.2, 0.25) is 0 Å². The lowest BCUT2D eigenvalue weighted by Crippen LogP contribution is -2.47. The Morgan fingerprint density at radius 1 is 0.959 bits per heavy atom. The second-order valence-electron chi connectivity index (χ2n) is 16.3. The first-order valence-electron chi connectivity index (χ1n) is 17.3. The third kappa shape index (κ3) is 10.3. The van der Waals surface area contributed by atoms with Crippen molar-refractivity contribution >= 4 is 18.6 Å². The number of phosphoric acid groups is 1. The van der Waals surface area contributed by atoms with Crippen molar-refractivity contribution in [1.29, 1.82) is 0 Å². The van der Waals surface area contributed by atoms with E-state index in [1.54, 1.807) is 41.5 Å². The Kier molecular flexibility index (Phi) is 12.5. The van der Waals surface area contributed by atoms with Gasteiger partial charge in [0.15, 0.2) is 6.79 Å². The van der Waals surface area contributed by atoms with Gasteiger partial charge < -0.3 is 9.84 Å². The van der Waals surface area contributed by atoms with E-state index in [1.165, 1.54) is 5.56 Å². The van der Waals surface area contributed by atoms with Gasteiger partial charge in [-0.25, -0.2) is 9.09 Å². The molecule has 2 saturated carbocycles. The Bertz CT molecular complexity index is 1340. The van der Waals surface area contributed by atoms with E-state index in [4.69, 9.17) is 18.3 Å². The van der Waals surface area contributed by atoms with Crippen LogP contribution in [0.4, 0.5) is 22.0 Å². The lowest BCUT2D eigenvalue weighted by molar-refractivity contribution is -0.284. The second kappa shape index (κ2) is 15.1. The molecule has 0 amide bonds. The highest BCUT2D eigenvalue weighted by atomic mass is 32.2. The fourth-order valence-electron chi connectivity index (χ4n) is 8.22. The molecule has 1 N–H and O–H groups in total. The molecule has 7 atom stereocenters. The number of ether oxygens (including phenoxy) is 1. The maximum absolute atomic E-state index is 13.4. The van der Waals surface area contributed by atoms with Crippen LogP contribution in [0.5, 0.6) is 5.75 Å². The van der Waals surface area contributed by atoms with Crippen LogP contribution in [0.1, 0.15) is 117 Å². The summed E-state index contributed by atoms with van der Waals surface area (Å²) in [6.07, 6.45) is -2.30. The van der Waals surface area contributed by atoms with Gasteiger partial charge in [0.05, 0.1) is 17.3 Å². The lowest BCUT2D eigenvalue weighted by atomic mass is 9.52. The Morgan fingerprint density at radius 2 is 1.59 bits per heavy atom. The molecular formula is C35H54F5O7PS. The van der Waals surface area contributed by atoms with E-state index in [1.807, 2.05) is 12.1 Å². The Morgan fingerprint density at radius 3 is 2.20 bits per heavy atom. The summed E-state index contributed by atoms with van der Waals surface area (Å²) >= 11 is 0. The van der Waals surface area contributed by atoms with Gasteiger partial charge in [-0.15, -0.1) is 0 Å². The first-order valence-corrected chi connectivity index (χ1v) is 20.3. The molecule has 0 aromatic heterocycles. The van der Waals surface area contributed by atoms with E-state index in [0.717, 1.165) is 44.1 Å². The zero-order valence-electron chi connectivity index (χ0n) is 29.7. The van der Waals surface area contributed by atoms with Crippen LogP contribution in [0.15, 0.2) is 18.2 Å². The van der Waals surface area contributed by atoms with E-state index in [0.29, 0.717) is 24.0 Å². The van der Waals surface area contributed by atoms with Crippen molar-refractivity contribution in [2.75, 3.05) is 18.3 Å². The first kappa shape index (κ1) is 40.7. The molecular weight excluding hydrogens is 690 g/mol. The van der Waals surface area contributed by atoms with Crippen LogP contribution in [-0.2, 0) is 35.4 Å².